The molecule has 0 spiro atoms. The van der Waals surface area contributed by atoms with Gasteiger partial charge in [0.25, 0.3) is 0 Å². The van der Waals surface area contributed by atoms with E-state index < -0.39 is 0 Å². The summed E-state index contributed by atoms with van der Waals surface area (Å²) in [5, 5.41) is 2.21. The second-order valence-corrected chi connectivity index (χ2v) is 3.09. The zero-order chi connectivity index (χ0) is 11.3. The van der Waals surface area contributed by atoms with Gasteiger partial charge in [-0.2, -0.15) is 0 Å². The number of imide groups is 1. The second kappa shape index (κ2) is 5.14. The number of carbonyl (C=O) groups excluding carboxylic acids is 2. The maximum Gasteiger partial charge on any atom is 0.231 e. The maximum atomic E-state index is 11.3. The lowest BCUT2D eigenvalue weighted by molar-refractivity contribution is -0.128. The van der Waals surface area contributed by atoms with E-state index in [4.69, 9.17) is 4.74 Å². The van der Waals surface area contributed by atoms with Gasteiger partial charge in [-0.1, -0.05) is 18.2 Å². The van der Waals surface area contributed by atoms with Crippen LogP contribution in [0.2, 0.25) is 0 Å². The van der Waals surface area contributed by atoms with Gasteiger partial charge in [-0.05, 0) is 6.07 Å². The summed E-state index contributed by atoms with van der Waals surface area (Å²) >= 11 is 0. The average molecular weight is 207 g/mol. The molecule has 0 aliphatic rings. The Labute approximate surface area is 88.2 Å². The minimum absolute atomic E-state index is 0.142. The van der Waals surface area contributed by atoms with Crippen LogP contribution in [0.3, 0.4) is 0 Å². The fourth-order valence-corrected chi connectivity index (χ4v) is 1.26. The van der Waals surface area contributed by atoms with Crippen molar-refractivity contribution in [2.75, 3.05) is 7.11 Å². The first-order valence-electron chi connectivity index (χ1n) is 4.56. The SMILES string of the molecule is COc1ccccc1CC(=O)NC(C)=O. The molecule has 0 aliphatic heterocycles. The third kappa shape index (κ3) is 3.42. The molecular formula is C11H13NO3. The van der Waals surface area contributed by atoms with Crippen molar-refractivity contribution in [1.82, 2.24) is 5.32 Å². The fraction of sp³-hybridized carbons (Fsp3) is 0.273. The lowest BCUT2D eigenvalue weighted by Gasteiger charge is -2.07. The van der Waals surface area contributed by atoms with Crippen molar-refractivity contribution in [3.63, 3.8) is 0 Å². The summed E-state index contributed by atoms with van der Waals surface area (Å²) in [6.45, 7) is 1.31. The molecule has 0 heterocycles. The number of carbonyl (C=O) groups is 2. The van der Waals surface area contributed by atoms with Gasteiger partial charge in [0.1, 0.15) is 5.75 Å². The van der Waals surface area contributed by atoms with Gasteiger partial charge < -0.3 is 4.74 Å². The number of para-hydroxylation sites is 1. The number of hydrogen-bond donors (Lipinski definition) is 1. The lowest BCUT2D eigenvalue weighted by Crippen LogP contribution is -2.29. The van der Waals surface area contributed by atoms with Crippen LogP contribution in [0, 0.1) is 0 Å². The number of hydrogen-bond acceptors (Lipinski definition) is 3. The minimum atomic E-state index is -0.352. The number of ether oxygens (including phenoxy) is 1. The van der Waals surface area contributed by atoms with Gasteiger partial charge >= 0.3 is 0 Å². The largest absolute Gasteiger partial charge is 0.496 e. The minimum Gasteiger partial charge on any atom is -0.496 e. The Morgan fingerprint density at radius 1 is 1.33 bits per heavy atom. The zero-order valence-electron chi connectivity index (χ0n) is 8.74. The predicted octanol–water partition coefficient (Wildman–Crippen LogP) is 0.900. The van der Waals surface area contributed by atoms with Crippen LogP contribution in [0.5, 0.6) is 5.75 Å². The number of benzene rings is 1. The molecule has 0 atom stereocenters. The first-order chi connectivity index (χ1) is 7.13. The third-order valence-electron chi connectivity index (χ3n) is 1.86. The molecule has 0 aromatic heterocycles. The molecule has 0 unspecified atom stereocenters. The lowest BCUT2D eigenvalue weighted by atomic mass is 10.1. The van der Waals surface area contributed by atoms with Gasteiger partial charge in [0, 0.05) is 12.5 Å². The maximum absolute atomic E-state index is 11.3. The zero-order valence-corrected chi connectivity index (χ0v) is 8.74. The van der Waals surface area contributed by atoms with Crippen LogP contribution in [0.25, 0.3) is 0 Å². The first kappa shape index (κ1) is 11.2. The van der Waals surface area contributed by atoms with Gasteiger partial charge in [-0.3, -0.25) is 14.9 Å². The van der Waals surface area contributed by atoms with Crippen molar-refractivity contribution in [1.29, 1.82) is 0 Å². The van der Waals surface area contributed by atoms with Crippen LogP contribution < -0.4 is 10.1 Å². The molecule has 80 valence electrons. The third-order valence-corrected chi connectivity index (χ3v) is 1.86. The first-order valence-corrected chi connectivity index (χ1v) is 4.56. The number of rotatable bonds is 3. The molecule has 0 fully saturated rings. The van der Waals surface area contributed by atoms with Crippen molar-refractivity contribution in [2.45, 2.75) is 13.3 Å². The Bertz CT molecular complexity index is 374. The predicted molar refractivity (Wildman–Crippen MR) is 55.5 cm³/mol. The van der Waals surface area contributed by atoms with E-state index in [0.717, 1.165) is 5.56 Å². The molecule has 4 nitrogen and oxygen atoms in total. The highest BCUT2D eigenvalue weighted by Gasteiger charge is 2.08. The summed E-state index contributed by atoms with van der Waals surface area (Å²) in [6.07, 6.45) is 0.142. The van der Waals surface area contributed by atoms with Gasteiger partial charge in [0.2, 0.25) is 11.8 Å². The molecule has 15 heavy (non-hydrogen) atoms. The molecule has 0 radical (unpaired) electrons. The second-order valence-electron chi connectivity index (χ2n) is 3.09. The van der Waals surface area contributed by atoms with E-state index in [1.165, 1.54) is 6.92 Å². The average Bonchev–Trinajstić information content (AvgIpc) is 2.17. The van der Waals surface area contributed by atoms with Crippen LogP contribution in [-0.2, 0) is 16.0 Å². The van der Waals surface area contributed by atoms with E-state index in [1.54, 1.807) is 19.2 Å². The molecule has 0 saturated carbocycles. The Balaban J connectivity index is 2.71. The number of amides is 2. The molecule has 4 heteroatoms. The van der Waals surface area contributed by atoms with Crippen molar-refractivity contribution >= 4 is 11.8 Å². The van der Waals surface area contributed by atoms with Crippen LogP contribution in [0.15, 0.2) is 24.3 Å². The summed E-state index contributed by atoms with van der Waals surface area (Å²) in [5.74, 6) is -0.0295. The Hall–Kier alpha value is -1.84. The summed E-state index contributed by atoms with van der Waals surface area (Å²) in [4.78, 5) is 21.9. The van der Waals surface area contributed by atoms with E-state index in [0.29, 0.717) is 5.75 Å². The van der Waals surface area contributed by atoms with E-state index in [1.807, 2.05) is 12.1 Å². The highest BCUT2D eigenvalue weighted by Crippen LogP contribution is 2.17. The summed E-state index contributed by atoms with van der Waals surface area (Å²) in [6, 6.07) is 7.21. The van der Waals surface area contributed by atoms with E-state index in [2.05, 4.69) is 5.32 Å². The van der Waals surface area contributed by atoms with Crippen LogP contribution in [-0.4, -0.2) is 18.9 Å². The highest BCUT2D eigenvalue weighted by atomic mass is 16.5. The van der Waals surface area contributed by atoms with Crippen LogP contribution >= 0.6 is 0 Å². The van der Waals surface area contributed by atoms with Crippen molar-refractivity contribution in [3.05, 3.63) is 29.8 Å². The van der Waals surface area contributed by atoms with Crippen molar-refractivity contribution in [3.8, 4) is 5.75 Å². The molecule has 1 N–H and O–H groups in total. The smallest absolute Gasteiger partial charge is 0.231 e. The van der Waals surface area contributed by atoms with Crippen molar-refractivity contribution < 1.29 is 14.3 Å². The molecule has 1 aromatic rings. The summed E-state index contributed by atoms with van der Waals surface area (Å²) < 4.78 is 5.09. The molecule has 1 aromatic carbocycles. The molecule has 2 amide bonds. The quantitative estimate of drug-likeness (QED) is 0.801. The number of nitrogens with one attached hydrogen (secondary N) is 1. The monoisotopic (exact) mass is 207 g/mol. The topological polar surface area (TPSA) is 55.4 Å². The standard InChI is InChI=1S/C11H13NO3/c1-8(13)12-11(14)7-9-5-3-4-6-10(9)15-2/h3-6H,7H2,1-2H3,(H,12,13,14). The van der Waals surface area contributed by atoms with Crippen molar-refractivity contribution in [2.24, 2.45) is 0 Å². The molecule has 1 rings (SSSR count). The summed E-state index contributed by atoms with van der Waals surface area (Å²) in [5.41, 5.74) is 0.763. The van der Waals surface area contributed by atoms with Crippen LogP contribution in [0.1, 0.15) is 12.5 Å². The van der Waals surface area contributed by atoms with Crippen LogP contribution in [0.4, 0.5) is 0 Å². The molecular weight excluding hydrogens is 194 g/mol. The Morgan fingerprint density at radius 3 is 2.60 bits per heavy atom. The van der Waals surface area contributed by atoms with Gasteiger partial charge in [0.15, 0.2) is 0 Å². The van der Waals surface area contributed by atoms with Gasteiger partial charge in [-0.25, -0.2) is 0 Å². The van der Waals surface area contributed by atoms with Gasteiger partial charge in [0.05, 0.1) is 13.5 Å². The fourth-order valence-electron chi connectivity index (χ4n) is 1.26. The Kier molecular flexibility index (Phi) is 3.85. The van der Waals surface area contributed by atoms with Gasteiger partial charge in [-0.15, -0.1) is 0 Å². The van der Waals surface area contributed by atoms with E-state index >= 15 is 0 Å². The molecule has 0 saturated heterocycles. The molecule has 0 bridgehead atoms. The highest BCUT2D eigenvalue weighted by molar-refractivity contribution is 5.95. The summed E-state index contributed by atoms with van der Waals surface area (Å²) in [7, 11) is 1.54. The molecule has 0 aliphatic carbocycles. The number of methoxy groups -OCH3 is 1. The van der Waals surface area contributed by atoms with E-state index in [-0.39, 0.29) is 18.2 Å². The van der Waals surface area contributed by atoms with E-state index in [9.17, 15) is 9.59 Å². The Morgan fingerprint density at radius 2 is 2.00 bits per heavy atom. The normalized spacial score (nSPS) is 9.47.